The van der Waals surface area contributed by atoms with E-state index >= 15 is 0 Å². The summed E-state index contributed by atoms with van der Waals surface area (Å²) in [6, 6.07) is 10.4. The van der Waals surface area contributed by atoms with Crippen molar-refractivity contribution in [3.63, 3.8) is 0 Å². The summed E-state index contributed by atoms with van der Waals surface area (Å²) in [5.74, 6) is -2.13. The Morgan fingerprint density at radius 1 is 0.735 bits per heavy atom. The number of halogens is 6. The summed E-state index contributed by atoms with van der Waals surface area (Å²) in [6.07, 6.45) is 0. The van der Waals surface area contributed by atoms with E-state index in [-0.39, 0.29) is 38.6 Å². The Labute approximate surface area is 240 Å². The molecule has 0 fully saturated rings. The average Bonchev–Trinajstić information content (AvgIpc) is 2.73. The number of carbonyl (C=O) groups is 2. The molecule has 0 aromatic heterocycles. The van der Waals surface area contributed by atoms with Gasteiger partial charge in [-0.05, 0) is 69.4 Å². The minimum absolute atomic E-state index is 0.0804. The maximum absolute atomic E-state index is 13.1. The van der Waals surface area contributed by atoms with Gasteiger partial charge in [0.2, 0.25) is 0 Å². The number of para-hydroxylation sites is 1. The first-order valence-corrected chi connectivity index (χ1v) is 13.8. The van der Waals surface area contributed by atoms with E-state index in [1.54, 1.807) is 63.4 Å². The van der Waals surface area contributed by atoms with Crippen molar-refractivity contribution in [2.75, 3.05) is 0 Å². The van der Waals surface area contributed by atoms with Crippen molar-refractivity contribution < 1.29 is 32.0 Å². The summed E-state index contributed by atoms with van der Waals surface area (Å²) < 4.78 is 43.3. The molecule has 14 heteroatoms. The van der Waals surface area contributed by atoms with Gasteiger partial charge in [-0.15, -0.1) is 0 Å². The molecule has 0 spiro atoms. The standard InChI is InChI=1S/C20H8Cl4I2O7S/c21-14-12(19(27)32-8-4-2-1-3-5-8)13(15(22)17(24)16(14)23)20(28)33-9-6-10(25)18(11(26)7-9)34(29,30)31/h1-7H,(H,29,30,31). The summed E-state index contributed by atoms with van der Waals surface area (Å²) in [7, 11) is -4.52. The largest absolute Gasteiger partial charge is 0.423 e. The van der Waals surface area contributed by atoms with E-state index in [9.17, 15) is 22.6 Å². The number of esters is 2. The van der Waals surface area contributed by atoms with Crippen molar-refractivity contribution in [2.45, 2.75) is 4.90 Å². The first kappa shape index (κ1) is 27.7. The lowest BCUT2D eigenvalue weighted by Crippen LogP contribution is -2.19. The quantitative estimate of drug-likeness (QED) is 0.0729. The molecule has 0 bridgehead atoms. The molecule has 0 saturated heterocycles. The fraction of sp³-hybridized carbons (Fsp3) is 0. The van der Waals surface area contributed by atoms with E-state index in [1.807, 2.05) is 0 Å². The lowest BCUT2D eigenvalue weighted by atomic mass is 10.1. The van der Waals surface area contributed by atoms with Gasteiger partial charge in [-0.25, -0.2) is 9.59 Å². The van der Waals surface area contributed by atoms with Gasteiger partial charge in [0.1, 0.15) is 16.4 Å². The van der Waals surface area contributed by atoms with Gasteiger partial charge in [0.05, 0.1) is 31.2 Å². The highest BCUT2D eigenvalue weighted by molar-refractivity contribution is 14.1. The van der Waals surface area contributed by atoms with Gasteiger partial charge >= 0.3 is 11.9 Å². The molecule has 0 atom stereocenters. The summed E-state index contributed by atoms with van der Waals surface area (Å²) >= 11 is 27.9. The average molecular weight is 788 g/mol. The number of benzene rings is 3. The molecular formula is C20H8Cl4I2O7S. The SMILES string of the molecule is O=C(Oc1ccccc1)c1c(Cl)c(Cl)c(Cl)c(Cl)c1C(=O)Oc1cc(I)c(S(=O)(=O)O)c(I)c1. The third-order valence-corrected chi connectivity index (χ3v) is 9.26. The Kier molecular flexibility index (Phi) is 8.99. The summed E-state index contributed by atoms with van der Waals surface area (Å²) in [6.45, 7) is 0. The second-order valence-electron chi connectivity index (χ2n) is 6.29. The van der Waals surface area contributed by atoms with E-state index in [0.717, 1.165) is 0 Å². The van der Waals surface area contributed by atoms with Gasteiger partial charge in [0.25, 0.3) is 10.1 Å². The van der Waals surface area contributed by atoms with Gasteiger partial charge < -0.3 is 9.47 Å². The molecular weight excluding hydrogens is 780 g/mol. The molecule has 1 N–H and O–H groups in total. The lowest BCUT2D eigenvalue weighted by molar-refractivity contribution is 0.0692. The van der Waals surface area contributed by atoms with Crippen LogP contribution in [0.4, 0.5) is 0 Å². The zero-order chi connectivity index (χ0) is 25.4. The van der Waals surface area contributed by atoms with Crippen LogP contribution >= 0.6 is 91.6 Å². The van der Waals surface area contributed by atoms with Crippen molar-refractivity contribution in [1.82, 2.24) is 0 Å². The molecule has 7 nitrogen and oxygen atoms in total. The molecule has 0 amide bonds. The third-order valence-electron chi connectivity index (χ3n) is 4.07. The zero-order valence-electron chi connectivity index (χ0n) is 16.1. The van der Waals surface area contributed by atoms with Crippen LogP contribution in [0.3, 0.4) is 0 Å². The van der Waals surface area contributed by atoms with E-state index in [1.165, 1.54) is 24.3 Å². The first-order chi connectivity index (χ1) is 15.8. The van der Waals surface area contributed by atoms with Gasteiger partial charge in [-0.1, -0.05) is 64.6 Å². The molecule has 0 aliphatic carbocycles. The molecule has 0 aliphatic heterocycles. The second-order valence-corrected chi connectivity index (χ2v) is 11.5. The van der Waals surface area contributed by atoms with Crippen molar-refractivity contribution in [3.8, 4) is 11.5 Å². The summed E-state index contributed by atoms with van der Waals surface area (Å²) in [4.78, 5) is 25.7. The highest BCUT2D eigenvalue weighted by atomic mass is 127. The van der Waals surface area contributed by atoms with Crippen molar-refractivity contribution >= 4 is 114 Å². The van der Waals surface area contributed by atoms with Gasteiger partial charge in [-0.3, -0.25) is 4.55 Å². The van der Waals surface area contributed by atoms with Crippen LogP contribution in [0.1, 0.15) is 20.7 Å². The van der Waals surface area contributed by atoms with E-state index in [4.69, 9.17) is 55.9 Å². The Hall–Kier alpha value is -0.870. The number of hydrogen-bond acceptors (Lipinski definition) is 6. The molecule has 0 heterocycles. The Bertz CT molecular complexity index is 1410. The Morgan fingerprint density at radius 2 is 1.15 bits per heavy atom. The van der Waals surface area contributed by atoms with Crippen molar-refractivity contribution in [1.29, 1.82) is 0 Å². The highest BCUT2D eigenvalue weighted by Gasteiger charge is 2.32. The van der Waals surface area contributed by atoms with Gasteiger partial charge in [0.15, 0.2) is 0 Å². The molecule has 0 aliphatic rings. The lowest BCUT2D eigenvalue weighted by Gasteiger charge is -2.15. The second kappa shape index (κ2) is 11.0. The fourth-order valence-corrected chi connectivity index (χ4v) is 7.66. The van der Waals surface area contributed by atoms with E-state index < -0.39 is 38.2 Å². The third kappa shape index (κ3) is 5.91. The molecule has 3 rings (SSSR count). The molecule has 3 aromatic rings. The Morgan fingerprint density at radius 3 is 1.56 bits per heavy atom. The predicted octanol–water partition coefficient (Wildman–Crippen LogP) is 7.19. The van der Waals surface area contributed by atoms with Crippen molar-refractivity contribution in [3.05, 3.63) is 80.8 Å². The highest BCUT2D eigenvalue weighted by Crippen LogP contribution is 2.42. The molecule has 0 saturated carbocycles. The monoisotopic (exact) mass is 786 g/mol. The van der Waals surface area contributed by atoms with Crippen molar-refractivity contribution in [2.24, 2.45) is 0 Å². The number of ether oxygens (including phenoxy) is 2. The van der Waals surface area contributed by atoms with Crippen LogP contribution in [-0.4, -0.2) is 24.9 Å². The van der Waals surface area contributed by atoms with Crippen LogP contribution in [0.15, 0.2) is 47.4 Å². The number of carbonyl (C=O) groups excluding carboxylic acids is 2. The predicted molar refractivity (Wildman–Crippen MR) is 145 cm³/mol. The van der Waals surface area contributed by atoms with Crippen LogP contribution in [0, 0.1) is 7.14 Å². The zero-order valence-corrected chi connectivity index (χ0v) is 24.3. The number of hydrogen-bond donors (Lipinski definition) is 1. The minimum Gasteiger partial charge on any atom is -0.423 e. The minimum atomic E-state index is -4.52. The van der Waals surface area contributed by atoms with Crippen LogP contribution in [0.25, 0.3) is 0 Å². The normalized spacial score (nSPS) is 11.3. The first-order valence-electron chi connectivity index (χ1n) is 8.64. The Balaban J connectivity index is 2.09. The molecule has 34 heavy (non-hydrogen) atoms. The maximum atomic E-state index is 13.1. The van der Waals surface area contributed by atoms with Crippen LogP contribution in [-0.2, 0) is 10.1 Å². The van der Waals surface area contributed by atoms with Crippen LogP contribution in [0.2, 0.25) is 20.1 Å². The molecule has 0 unspecified atom stereocenters. The molecule has 178 valence electrons. The van der Waals surface area contributed by atoms with Crippen LogP contribution in [0.5, 0.6) is 11.5 Å². The smallest absolute Gasteiger partial charge is 0.346 e. The van der Waals surface area contributed by atoms with Crippen LogP contribution < -0.4 is 9.47 Å². The summed E-state index contributed by atoms with van der Waals surface area (Å²) in [5, 5.41) is -1.34. The van der Waals surface area contributed by atoms with Gasteiger partial charge in [0, 0.05) is 7.14 Å². The molecule has 0 radical (unpaired) electrons. The molecule has 3 aromatic carbocycles. The van der Waals surface area contributed by atoms with E-state index in [0.29, 0.717) is 0 Å². The summed E-state index contributed by atoms with van der Waals surface area (Å²) in [5.41, 5.74) is -0.986. The topological polar surface area (TPSA) is 107 Å². The number of rotatable bonds is 5. The fourth-order valence-electron chi connectivity index (χ4n) is 2.66. The maximum Gasteiger partial charge on any atom is 0.346 e. The van der Waals surface area contributed by atoms with E-state index in [2.05, 4.69) is 0 Å². The van der Waals surface area contributed by atoms with Gasteiger partial charge in [-0.2, -0.15) is 8.42 Å².